The van der Waals surface area contributed by atoms with Crippen LogP contribution in [-0.4, -0.2) is 18.3 Å². The van der Waals surface area contributed by atoms with E-state index in [4.69, 9.17) is 11.6 Å². The number of alkyl halides is 4. The first-order valence-corrected chi connectivity index (χ1v) is 5.53. The van der Waals surface area contributed by atoms with Crippen molar-refractivity contribution in [1.29, 1.82) is 0 Å². The first-order valence-electron chi connectivity index (χ1n) is 5.00. The minimum Gasteiger partial charge on any atom is -0.311 e. The summed E-state index contributed by atoms with van der Waals surface area (Å²) < 4.78 is 37.6. The lowest BCUT2D eigenvalue weighted by Crippen LogP contribution is -2.29. The van der Waals surface area contributed by atoms with E-state index in [9.17, 15) is 18.0 Å². The van der Waals surface area contributed by atoms with Crippen LogP contribution in [0.4, 0.5) is 18.9 Å². The summed E-state index contributed by atoms with van der Waals surface area (Å²) in [6.07, 6.45) is -3.83. The maximum atomic E-state index is 12.5. The third-order valence-electron chi connectivity index (χ3n) is 2.72. The number of benzene rings is 1. The summed E-state index contributed by atoms with van der Waals surface area (Å²) in [7, 11) is 0. The smallest absolute Gasteiger partial charge is 0.311 e. The summed E-state index contributed by atoms with van der Waals surface area (Å²) in [6.45, 7) is 0.391. The van der Waals surface area contributed by atoms with Crippen molar-refractivity contribution in [1.82, 2.24) is 0 Å². The van der Waals surface area contributed by atoms with Crippen molar-refractivity contribution < 1.29 is 18.0 Å². The molecule has 1 aromatic carbocycles. The van der Waals surface area contributed by atoms with Crippen LogP contribution in [0.1, 0.15) is 11.1 Å². The highest BCUT2D eigenvalue weighted by molar-refractivity contribution is 6.29. The van der Waals surface area contributed by atoms with Crippen LogP contribution in [0.3, 0.4) is 0 Å². The van der Waals surface area contributed by atoms with E-state index in [2.05, 4.69) is 0 Å². The van der Waals surface area contributed by atoms with Gasteiger partial charge in [-0.15, -0.1) is 11.6 Å². The lowest BCUT2D eigenvalue weighted by molar-refractivity contribution is -0.137. The van der Waals surface area contributed by atoms with Crippen LogP contribution in [-0.2, 0) is 17.4 Å². The van der Waals surface area contributed by atoms with E-state index in [0.717, 1.165) is 17.7 Å². The first-order chi connectivity index (χ1) is 7.93. The van der Waals surface area contributed by atoms with Crippen molar-refractivity contribution >= 4 is 23.2 Å². The fourth-order valence-electron chi connectivity index (χ4n) is 1.89. The lowest BCUT2D eigenvalue weighted by atomic mass is 10.1. The van der Waals surface area contributed by atoms with Gasteiger partial charge in [-0.3, -0.25) is 4.79 Å². The number of carbonyl (C=O) groups is 1. The van der Waals surface area contributed by atoms with Crippen LogP contribution in [0.2, 0.25) is 0 Å². The molecule has 0 saturated heterocycles. The molecule has 92 valence electrons. The topological polar surface area (TPSA) is 20.3 Å². The second-order valence-electron chi connectivity index (χ2n) is 3.77. The second-order valence-corrected chi connectivity index (χ2v) is 4.04. The predicted molar refractivity (Wildman–Crippen MR) is 58.2 cm³/mol. The quantitative estimate of drug-likeness (QED) is 0.714. The molecule has 0 aromatic heterocycles. The summed E-state index contributed by atoms with van der Waals surface area (Å²) in [5, 5.41) is 0. The Bertz CT molecular complexity index is 459. The minimum atomic E-state index is -4.40. The van der Waals surface area contributed by atoms with Gasteiger partial charge in [-0.2, -0.15) is 13.2 Å². The largest absolute Gasteiger partial charge is 0.416 e. The van der Waals surface area contributed by atoms with E-state index in [1.807, 2.05) is 0 Å². The Labute approximate surface area is 101 Å². The van der Waals surface area contributed by atoms with E-state index < -0.39 is 11.7 Å². The molecule has 0 atom stereocenters. The average molecular weight is 264 g/mol. The van der Waals surface area contributed by atoms with Gasteiger partial charge in [-0.05, 0) is 24.1 Å². The Morgan fingerprint density at radius 3 is 2.71 bits per heavy atom. The van der Waals surface area contributed by atoms with E-state index in [1.54, 1.807) is 0 Å². The third kappa shape index (κ3) is 2.24. The average Bonchev–Trinajstić information content (AvgIpc) is 2.69. The Kier molecular flexibility index (Phi) is 3.03. The SMILES string of the molecule is O=C(CCl)N1CCc2ccc(C(F)(F)F)cc21. The molecule has 1 amide bonds. The number of nitrogens with zero attached hydrogens (tertiary/aromatic N) is 1. The number of fused-ring (bicyclic) bond motifs is 1. The van der Waals surface area contributed by atoms with Crippen LogP contribution < -0.4 is 4.90 Å². The Morgan fingerprint density at radius 2 is 2.12 bits per heavy atom. The summed E-state index contributed by atoms with van der Waals surface area (Å²) in [5.74, 6) is -0.597. The van der Waals surface area contributed by atoms with Crippen molar-refractivity contribution in [2.75, 3.05) is 17.3 Å². The summed E-state index contributed by atoms with van der Waals surface area (Å²) in [4.78, 5) is 12.8. The van der Waals surface area contributed by atoms with Crippen LogP contribution in [0.15, 0.2) is 18.2 Å². The molecule has 2 nitrogen and oxygen atoms in total. The molecular formula is C11H9ClF3NO. The second kappa shape index (κ2) is 4.22. The highest BCUT2D eigenvalue weighted by Gasteiger charge is 2.33. The van der Waals surface area contributed by atoms with Gasteiger partial charge in [0.2, 0.25) is 5.91 Å². The van der Waals surface area contributed by atoms with Gasteiger partial charge in [0.25, 0.3) is 0 Å². The number of amides is 1. The highest BCUT2D eigenvalue weighted by atomic mass is 35.5. The maximum absolute atomic E-state index is 12.5. The van der Waals surface area contributed by atoms with Crippen LogP contribution in [0.5, 0.6) is 0 Å². The zero-order valence-corrected chi connectivity index (χ0v) is 9.48. The molecule has 0 saturated carbocycles. The van der Waals surface area contributed by atoms with Crippen molar-refractivity contribution in [3.8, 4) is 0 Å². The maximum Gasteiger partial charge on any atom is 0.416 e. The van der Waals surface area contributed by atoms with Gasteiger partial charge in [0.05, 0.1) is 5.56 Å². The minimum absolute atomic E-state index is 0.227. The molecule has 0 unspecified atom stereocenters. The van der Waals surface area contributed by atoms with Crippen molar-refractivity contribution in [3.63, 3.8) is 0 Å². The predicted octanol–water partition coefficient (Wildman–Crippen LogP) is 2.83. The van der Waals surface area contributed by atoms with Gasteiger partial charge >= 0.3 is 6.18 Å². The zero-order valence-electron chi connectivity index (χ0n) is 8.72. The highest BCUT2D eigenvalue weighted by Crippen LogP contribution is 2.36. The molecule has 1 aliphatic rings. The van der Waals surface area contributed by atoms with Crippen molar-refractivity contribution in [2.45, 2.75) is 12.6 Å². The molecule has 1 aliphatic heterocycles. The van der Waals surface area contributed by atoms with Gasteiger partial charge in [0.15, 0.2) is 0 Å². The van der Waals surface area contributed by atoms with Gasteiger partial charge in [-0.25, -0.2) is 0 Å². The zero-order chi connectivity index (χ0) is 12.6. The van der Waals surface area contributed by atoms with Gasteiger partial charge in [-0.1, -0.05) is 6.07 Å². The molecule has 1 heterocycles. The number of halogens is 4. The molecule has 0 radical (unpaired) electrons. The molecule has 0 N–H and O–H groups in total. The summed E-state index contributed by atoms with van der Waals surface area (Å²) >= 11 is 5.41. The van der Waals surface area contributed by atoms with E-state index in [-0.39, 0.29) is 11.8 Å². The lowest BCUT2D eigenvalue weighted by Gasteiger charge is -2.17. The van der Waals surface area contributed by atoms with Crippen LogP contribution in [0.25, 0.3) is 0 Å². The number of rotatable bonds is 1. The van der Waals surface area contributed by atoms with Crippen molar-refractivity contribution in [2.24, 2.45) is 0 Å². The number of hydrogen-bond acceptors (Lipinski definition) is 1. The molecule has 6 heteroatoms. The summed E-state index contributed by atoms with van der Waals surface area (Å²) in [6, 6.07) is 3.46. The Morgan fingerprint density at radius 1 is 1.41 bits per heavy atom. The monoisotopic (exact) mass is 263 g/mol. The van der Waals surface area contributed by atoms with Gasteiger partial charge in [0.1, 0.15) is 5.88 Å². The molecule has 0 aliphatic carbocycles. The first kappa shape index (κ1) is 12.2. The molecule has 0 fully saturated rings. The van der Waals surface area contributed by atoms with Crippen molar-refractivity contribution in [3.05, 3.63) is 29.3 Å². The standard InChI is InChI=1S/C11H9ClF3NO/c12-6-10(17)16-4-3-7-1-2-8(5-9(7)16)11(13,14)15/h1-2,5H,3-4,6H2. The number of anilines is 1. The molecular weight excluding hydrogens is 255 g/mol. The van der Waals surface area contributed by atoms with Gasteiger partial charge in [0, 0.05) is 12.2 Å². The number of carbonyl (C=O) groups excluding carboxylic acids is 1. The fourth-order valence-corrected chi connectivity index (χ4v) is 2.03. The summed E-state index contributed by atoms with van der Waals surface area (Å²) in [5.41, 5.74) is 0.326. The van der Waals surface area contributed by atoms with E-state index >= 15 is 0 Å². The third-order valence-corrected chi connectivity index (χ3v) is 2.95. The number of hydrogen-bond donors (Lipinski definition) is 0. The molecule has 1 aromatic rings. The van der Waals surface area contributed by atoms with E-state index in [1.165, 1.54) is 11.0 Å². The molecule has 0 spiro atoms. The fraction of sp³-hybridized carbons (Fsp3) is 0.364. The normalized spacial score (nSPS) is 14.9. The molecule has 2 rings (SSSR count). The Balaban J connectivity index is 2.41. The Hall–Kier alpha value is -1.23. The van der Waals surface area contributed by atoms with E-state index in [0.29, 0.717) is 18.7 Å². The molecule has 17 heavy (non-hydrogen) atoms. The van der Waals surface area contributed by atoms with Gasteiger partial charge < -0.3 is 4.90 Å². The van der Waals surface area contributed by atoms with Crippen LogP contribution in [0, 0.1) is 0 Å². The van der Waals surface area contributed by atoms with Crippen LogP contribution >= 0.6 is 11.6 Å². The molecule has 0 bridgehead atoms.